The third-order valence-corrected chi connectivity index (χ3v) is 3.50. The van der Waals surface area contributed by atoms with Crippen molar-refractivity contribution in [3.05, 3.63) is 35.5 Å². The zero-order valence-electron chi connectivity index (χ0n) is 11.9. The van der Waals surface area contributed by atoms with Crippen LogP contribution in [0.15, 0.2) is 22.7 Å². The van der Waals surface area contributed by atoms with Crippen LogP contribution >= 0.6 is 0 Å². The molecule has 1 atom stereocenters. The predicted octanol–water partition coefficient (Wildman–Crippen LogP) is 2.92. The second-order valence-corrected chi connectivity index (χ2v) is 5.31. The Kier molecular flexibility index (Phi) is 3.34. The molecule has 0 radical (unpaired) electrons. The molecule has 3 rings (SSSR count). The molecule has 5 nitrogen and oxygen atoms in total. The van der Waals surface area contributed by atoms with Crippen molar-refractivity contribution in [1.29, 1.82) is 0 Å². The monoisotopic (exact) mass is 274 g/mol. The van der Waals surface area contributed by atoms with Crippen molar-refractivity contribution in [3.8, 4) is 11.5 Å². The Bertz CT molecular complexity index is 607. The van der Waals surface area contributed by atoms with Crippen molar-refractivity contribution in [2.24, 2.45) is 0 Å². The van der Waals surface area contributed by atoms with Gasteiger partial charge in [0, 0.05) is 5.92 Å². The van der Waals surface area contributed by atoms with Gasteiger partial charge in [-0.05, 0) is 18.1 Å². The molecule has 1 aliphatic heterocycles. The lowest BCUT2D eigenvalue weighted by Gasteiger charge is -2.24. The van der Waals surface area contributed by atoms with E-state index in [9.17, 15) is 0 Å². The number of para-hydroxylation sites is 1. The summed E-state index contributed by atoms with van der Waals surface area (Å²) in [6, 6.07) is 5.92. The van der Waals surface area contributed by atoms with Crippen molar-refractivity contribution in [1.82, 2.24) is 10.1 Å². The minimum atomic E-state index is 0.106. The zero-order valence-corrected chi connectivity index (χ0v) is 11.9. The van der Waals surface area contributed by atoms with Gasteiger partial charge in [-0.1, -0.05) is 31.1 Å². The van der Waals surface area contributed by atoms with Crippen LogP contribution in [-0.2, 0) is 6.42 Å². The van der Waals surface area contributed by atoms with Crippen LogP contribution in [0.1, 0.15) is 43.0 Å². The first-order chi connectivity index (χ1) is 9.69. The molecule has 0 aliphatic carbocycles. The average molecular weight is 274 g/mol. The van der Waals surface area contributed by atoms with E-state index in [0.717, 1.165) is 29.3 Å². The van der Waals surface area contributed by atoms with Crippen molar-refractivity contribution in [3.63, 3.8) is 0 Å². The van der Waals surface area contributed by atoms with E-state index in [4.69, 9.17) is 14.0 Å². The van der Waals surface area contributed by atoms with Crippen LogP contribution in [0.4, 0.5) is 0 Å². The normalized spacial score (nSPS) is 17.7. The van der Waals surface area contributed by atoms with E-state index in [1.165, 1.54) is 0 Å². The molecule has 20 heavy (non-hydrogen) atoms. The van der Waals surface area contributed by atoms with Crippen LogP contribution in [0.3, 0.4) is 0 Å². The van der Waals surface area contributed by atoms with Crippen LogP contribution in [-0.4, -0.2) is 23.9 Å². The summed E-state index contributed by atoms with van der Waals surface area (Å²) in [6.45, 7) is 4.63. The average Bonchev–Trinajstić information content (AvgIpc) is 2.96. The molecule has 2 aromatic rings. The summed E-state index contributed by atoms with van der Waals surface area (Å²) in [5, 5.41) is 4.01. The van der Waals surface area contributed by atoms with Crippen LogP contribution in [0, 0.1) is 0 Å². The maximum atomic E-state index is 5.83. The van der Waals surface area contributed by atoms with E-state index in [0.29, 0.717) is 12.5 Å². The highest BCUT2D eigenvalue weighted by Gasteiger charge is 2.28. The largest absolute Gasteiger partial charge is 0.493 e. The van der Waals surface area contributed by atoms with Crippen molar-refractivity contribution >= 4 is 0 Å². The highest BCUT2D eigenvalue weighted by Crippen LogP contribution is 2.38. The summed E-state index contributed by atoms with van der Waals surface area (Å²) in [7, 11) is 1.65. The molecule has 5 heteroatoms. The van der Waals surface area contributed by atoms with Gasteiger partial charge in [0.2, 0.25) is 5.89 Å². The molecule has 0 fully saturated rings. The van der Waals surface area contributed by atoms with Crippen molar-refractivity contribution < 1.29 is 14.0 Å². The molecule has 0 bridgehead atoms. The number of hydrogen-bond acceptors (Lipinski definition) is 5. The Morgan fingerprint density at radius 2 is 2.20 bits per heavy atom. The summed E-state index contributed by atoms with van der Waals surface area (Å²) >= 11 is 0. The lowest BCUT2D eigenvalue weighted by molar-refractivity contribution is 0.220. The molecule has 1 aromatic heterocycles. The topological polar surface area (TPSA) is 57.4 Å². The second kappa shape index (κ2) is 5.15. The first kappa shape index (κ1) is 13.0. The first-order valence-electron chi connectivity index (χ1n) is 6.81. The van der Waals surface area contributed by atoms with Crippen molar-refractivity contribution in [2.45, 2.75) is 32.1 Å². The maximum absolute atomic E-state index is 5.83. The van der Waals surface area contributed by atoms with Gasteiger partial charge in [-0.15, -0.1) is 0 Å². The molecule has 0 saturated heterocycles. The Labute approximate surface area is 117 Å². The van der Waals surface area contributed by atoms with Crippen LogP contribution < -0.4 is 9.47 Å². The van der Waals surface area contributed by atoms with E-state index < -0.39 is 0 Å². The fraction of sp³-hybridized carbons (Fsp3) is 0.467. The van der Waals surface area contributed by atoms with Crippen LogP contribution in [0.2, 0.25) is 0 Å². The molecule has 0 spiro atoms. The molecule has 2 heterocycles. The van der Waals surface area contributed by atoms with Gasteiger partial charge < -0.3 is 14.0 Å². The quantitative estimate of drug-likeness (QED) is 0.861. The number of rotatable bonds is 3. The molecule has 106 valence electrons. The van der Waals surface area contributed by atoms with Gasteiger partial charge in [0.05, 0.1) is 13.0 Å². The van der Waals surface area contributed by atoms with E-state index in [-0.39, 0.29) is 11.8 Å². The number of benzene rings is 1. The van der Waals surface area contributed by atoms with E-state index in [1.807, 2.05) is 32.0 Å². The summed E-state index contributed by atoms with van der Waals surface area (Å²) in [4.78, 5) is 4.46. The number of fused-ring (bicyclic) bond motifs is 1. The maximum Gasteiger partial charge on any atom is 0.233 e. The molecular formula is C15H18N2O3. The molecule has 0 amide bonds. The van der Waals surface area contributed by atoms with E-state index >= 15 is 0 Å². The highest BCUT2D eigenvalue weighted by molar-refractivity contribution is 5.48. The van der Waals surface area contributed by atoms with Gasteiger partial charge >= 0.3 is 0 Å². The fourth-order valence-electron chi connectivity index (χ4n) is 2.36. The lowest BCUT2D eigenvalue weighted by atomic mass is 9.96. The molecule has 1 unspecified atom stereocenters. The van der Waals surface area contributed by atoms with Crippen molar-refractivity contribution in [2.75, 3.05) is 13.7 Å². The number of nitrogens with zero attached hydrogens (tertiary/aromatic N) is 2. The van der Waals surface area contributed by atoms with Gasteiger partial charge in [-0.3, -0.25) is 0 Å². The van der Waals surface area contributed by atoms with Gasteiger partial charge in [0.15, 0.2) is 17.3 Å². The second-order valence-electron chi connectivity index (χ2n) is 5.31. The Hall–Kier alpha value is -2.04. The zero-order chi connectivity index (χ0) is 14.1. The van der Waals surface area contributed by atoms with Gasteiger partial charge in [-0.25, -0.2) is 0 Å². The third kappa shape index (κ3) is 2.24. The summed E-state index contributed by atoms with van der Waals surface area (Å²) in [5.41, 5.74) is 1.12. The summed E-state index contributed by atoms with van der Waals surface area (Å²) < 4.78 is 16.5. The minimum Gasteiger partial charge on any atom is -0.493 e. The van der Waals surface area contributed by atoms with Gasteiger partial charge in [-0.2, -0.15) is 4.98 Å². The number of ether oxygens (including phenoxy) is 2. The standard InChI is InChI=1S/C15H18N2O3/c1-9(2)14-16-15(20-17-14)11-7-10-5-4-6-12(18-3)13(10)19-8-11/h4-6,9,11H,7-8H2,1-3H3. The Balaban J connectivity index is 1.84. The first-order valence-corrected chi connectivity index (χ1v) is 6.81. The number of aromatic nitrogens is 2. The number of methoxy groups -OCH3 is 1. The highest BCUT2D eigenvalue weighted by atomic mass is 16.5. The summed E-state index contributed by atoms with van der Waals surface area (Å²) in [6.07, 6.45) is 0.826. The van der Waals surface area contributed by atoms with E-state index in [1.54, 1.807) is 7.11 Å². The smallest absolute Gasteiger partial charge is 0.233 e. The van der Waals surface area contributed by atoms with Gasteiger partial charge in [0.1, 0.15) is 6.61 Å². The summed E-state index contributed by atoms with van der Waals surface area (Å²) in [5.74, 6) is 3.38. The predicted molar refractivity (Wildman–Crippen MR) is 73.3 cm³/mol. The number of hydrogen-bond donors (Lipinski definition) is 0. The lowest BCUT2D eigenvalue weighted by Crippen LogP contribution is -2.20. The molecule has 0 N–H and O–H groups in total. The molecular weight excluding hydrogens is 256 g/mol. The molecule has 1 aromatic carbocycles. The fourth-order valence-corrected chi connectivity index (χ4v) is 2.36. The van der Waals surface area contributed by atoms with Crippen LogP contribution in [0.25, 0.3) is 0 Å². The Morgan fingerprint density at radius 3 is 2.90 bits per heavy atom. The Morgan fingerprint density at radius 1 is 1.35 bits per heavy atom. The van der Waals surface area contributed by atoms with E-state index in [2.05, 4.69) is 10.1 Å². The van der Waals surface area contributed by atoms with Crippen LogP contribution in [0.5, 0.6) is 11.5 Å². The molecule has 0 saturated carbocycles. The SMILES string of the molecule is COc1cccc2c1OCC(c1nc(C(C)C)no1)C2. The third-order valence-electron chi connectivity index (χ3n) is 3.50. The van der Waals surface area contributed by atoms with Gasteiger partial charge in [0.25, 0.3) is 0 Å². The minimum absolute atomic E-state index is 0.106. The molecule has 1 aliphatic rings.